The van der Waals surface area contributed by atoms with Gasteiger partial charge >= 0.3 is 0 Å². The van der Waals surface area contributed by atoms with Gasteiger partial charge in [0.25, 0.3) is 0 Å². The van der Waals surface area contributed by atoms with E-state index in [1.54, 1.807) is 0 Å². The molecule has 0 aliphatic rings. The Hall–Kier alpha value is -0.0300. The van der Waals surface area contributed by atoms with Crippen molar-refractivity contribution in [2.24, 2.45) is 5.92 Å². The van der Waals surface area contributed by atoms with Crippen molar-refractivity contribution < 1.29 is 0 Å². The van der Waals surface area contributed by atoms with Crippen LogP contribution < -0.4 is 0 Å². The van der Waals surface area contributed by atoms with Crippen molar-refractivity contribution in [1.82, 2.24) is 9.21 Å². The summed E-state index contributed by atoms with van der Waals surface area (Å²) in [6.45, 7) is 10.2. The Kier molecular flexibility index (Phi) is 9.73. The van der Waals surface area contributed by atoms with Gasteiger partial charge in [0.1, 0.15) is 0 Å². The first kappa shape index (κ1) is 20.0. The van der Waals surface area contributed by atoms with Gasteiger partial charge in [-0.2, -0.15) is 0 Å². The molecule has 126 valence electrons. The van der Waals surface area contributed by atoms with Crippen molar-refractivity contribution in [3.8, 4) is 0 Å². The Labute approximate surface area is 149 Å². The lowest BCUT2D eigenvalue weighted by molar-refractivity contribution is 0.392. The maximum atomic E-state index is 3.60. The van der Waals surface area contributed by atoms with Crippen LogP contribution >= 0.6 is 27.9 Å². The molecule has 0 saturated heterocycles. The van der Waals surface area contributed by atoms with Crippen LogP contribution in [0.3, 0.4) is 0 Å². The van der Waals surface area contributed by atoms with Crippen LogP contribution in [-0.2, 0) is 6.54 Å². The number of hydrogen-bond acceptors (Lipinski definition) is 3. The van der Waals surface area contributed by atoms with Crippen molar-refractivity contribution in [2.75, 3.05) is 32.9 Å². The monoisotopic (exact) mass is 386 g/mol. The summed E-state index contributed by atoms with van der Waals surface area (Å²) in [5, 5.41) is 0. The van der Waals surface area contributed by atoms with Crippen LogP contribution in [0.25, 0.3) is 0 Å². The van der Waals surface area contributed by atoms with Crippen LogP contribution in [0.1, 0.15) is 37.8 Å². The van der Waals surface area contributed by atoms with Crippen molar-refractivity contribution in [3.63, 3.8) is 0 Å². The highest BCUT2D eigenvalue weighted by atomic mass is 79.9. The Morgan fingerprint density at radius 3 is 2.59 bits per heavy atom. The summed E-state index contributed by atoms with van der Waals surface area (Å²) < 4.78 is 3.72. The Morgan fingerprint density at radius 1 is 1.23 bits per heavy atom. The van der Waals surface area contributed by atoms with E-state index in [1.165, 1.54) is 35.0 Å². The van der Waals surface area contributed by atoms with E-state index in [4.69, 9.17) is 0 Å². The highest BCUT2D eigenvalue weighted by Gasteiger charge is 2.11. The SMILES string of the molecule is CCC(C)CCN(Cc1cc(Br)ccc1C)SCCN(C)C. The number of halogens is 1. The summed E-state index contributed by atoms with van der Waals surface area (Å²) in [5.41, 5.74) is 2.81. The molecule has 0 saturated carbocycles. The van der Waals surface area contributed by atoms with Gasteiger partial charge in [-0.3, -0.25) is 0 Å². The number of hydrogen-bond donors (Lipinski definition) is 0. The fraction of sp³-hybridized carbons (Fsp3) is 0.667. The molecule has 0 aromatic heterocycles. The molecule has 4 heteroatoms. The van der Waals surface area contributed by atoms with Gasteiger partial charge in [0.15, 0.2) is 0 Å². The molecule has 0 heterocycles. The number of nitrogens with zero attached hydrogens (tertiary/aromatic N) is 2. The smallest absolute Gasteiger partial charge is 0.0343 e. The maximum absolute atomic E-state index is 3.60. The van der Waals surface area contributed by atoms with Crippen molar-refractivity contribution in [1.29, 1.82) is 0 Å². The molecule has 0 spiro atoms. The Morgan fingerprint density at radius 2 is 1.95 bits per heavy atom. The van der Waals surface area contributed by atoms with E-state index in [1.807, 2.05) is 11.9 Å². The minimum Gasteiger partial charge on any atom is -0.309 e. The first-order valence-electron chi connectivity index (χ1n) is 8.20. The molecule has 0 fully saturated rings. The molecule has 2 nitrogen and oxygen atoms in total. The molecule has 22 heavy (non-hydrogen) atoms. The maximum Gasteiger partial charge on any atom is 0.0343 e. The van der Waals surface area contributed by atoms with E-state index in [-0.39, 0.29) is 0 Å². The molecule has 1 aromatic carbocycles. The Balaban J connectivity index is 2.64. The minimum atomic E-state index is 0.806. The van der Waals surface area contributed by atoms with E-state index >= 15 is 0 Å². The molecule has 1 unspecified atom stereocenters. The second-order valence-corrected chi connectivity index (χ2v) is 8.47. The van der Waals surface area contributed by atoms with Crippen LogP contribution in [-0.4, -0.2) is 42.1 Å². The summed E-state index contributed by atoms with van der Waals surface area (Å²) in [6, 6.07) is 6.59. The molecule has 0 amide bonds. The van der Waals surface area contributed by atoms with Crippen molar-refractivity contribution in [2.45, 2.75) is 40.2 Å². The average Bonchev–Trinajstić information content (AvgIpc) is 2.47. The first-order chi connectivity index (χ1) is 10.4. The predicted molar refractivity (Wildman–Crippen MR) is 104 cm³/mol. The van der Waals surface area contributed by atoms with Crippen molar-refractivity contribution >= 4 is 27.9 Å². The minimum absolute atomic E-state index is 0.806. The molecular formula is C18H31BrN2S. The third-order valence-electron chi connectivity index (χ3n) is 4.04. The topological polar surface area (TPSA) is 6.48 Å². The molecule has 0 aliphatic heterocycles. The fourth-order valence-electron chi connectivity index (χ4n) is 2.11. The summed E-state index contributed by atoms with van der Waals surface area (Å²) in [5.74, 6) is 1.96. The number of benzene rings is 1. The largest absolute Gasteiger partial charge is 0.309 e. The lowest BCUT2D eigenvalue weighted by atomic mass is 10.1. The normalized spacial score (nSPS) is 13.1. The standard InChI is InChI=1S/C18H31BrN2S/c1-6-15(2)9-10-21(22-12-11-20(4)5)14-17-13-18(19)8-7-16(17)3/h7-8,13,15H,6,9-12,14H2,1-5H3. The van der Waals surface area contributed by atoms with Gasteiger partial charge < -0.3 is 4.90 Å². The highest BCUT2D eigenvalue weighted by Crippen LogP contribution is 2.22. The van der Waals surface area contributed by atoms with Gasteiger partial charge in [0.05, 0.1) is 0 Å². The van der Waals surface area contributed by atoms with Crippen molar-refractivity contribution in [3.05, 3.63) is 33.8 Å². The summed E-state index contributed by atoms with van der Waals surface area (Å²) in [4.78, 5) is 2.25. The van der Waals surface area contributed by atoms with Crippen LogP contribution in [0.2, 0.25) is 0 Å². The van der Waals surface area contributed by atoms with Gasteiger partial charge in [-0.05, 0) is 56.6 Å². The van der Waals surface area contributed by atoms with Crippen LogP contribution in [0.5, 0.6) is 0 Å². The third kappa shape index (κ3) is 8.00. The van der Waals surface area contributed by atoms with Crippen LogP contribution in [0, 0.1) is 12.8 Å². The number of rotatable bonds is 10. The van der Waals surface area contributed by atoms with Crippen LogP contribution in [0.4, 0.5) is 0 Å². The highest BCUT2D eigenvalue weighted by molar-refractivity contribution is 9.10. The molecule has 1 aromatic rings. The molecule has 0 radical (unpaired) electrons. The second-order valence-electron chi connectivity index (χ2n) is 6.37. The zero-order chi connectivity index (χ0) is 16.5. The molecule has 0 bridgehead atoms. The zero-order valence-electron chi connectivity index (χ0n) is 14.7. The van der Waals surface area contributed by atoms with Gasteiger partial charge in [0, 0.05) is 29.9 Å². The van der Waals surface area contributed by atoms with E-state index in [9.17, 15) is 0 Å². The summed E-state index contributed by atoms with van der Waals surface area (Å²) in [7, 11) is 4.28. The van der Waals surface area contributed by atoms with Gasteiger partial charge in [-0.1, -0.05) is 54.2 Å². The third-order valence-corrected chi connectivity index (χ3v) is 5.57. The van der Waals surface area contributed by atoms with E-state index in [0.717, 1.165) is 24.8 Å². The number of aryl methyl sites for hydroxylation is 1. The van der Waals surface area contributed by atoms with Gasteiger partial charge in [-0.25, -0.2) is 4.31 Å². The van der Waals surface area contributed by atoms with E-state index in [2.05, 4.69) is 78.2 Å². The summed E-state index contributed by atoms with van der Waals surface area (Å²) in [6.07, 6.45) is 2.55. The first-order valence-corrected chi connectivity index (χ1v) is 9.93. The Bertz CT molecular complexity index is 437. The average molecular weight is 387 g/mol. The van der Waals surface area contributed by atoms with Gasteiger partial charge in [0.2, 0.25) is 0 Å². The molecular weight excluding hydrogens is 356 g/mol. The molecule has 1 atom stereocenters. The zero-order valence-corrected chi connectivity index (χ0v) is 17.1. The molecule has 0 aliphatic carbocycles. The second kappa shape index (κ2) is 10.7. The quantitative estimate of drug-likeness (QED) is 0.509. The van der Waals surface area contributed by atoms with E-state index < -0.39 is 0 Å². The van der Waals surface area contributed by atoms with Crippen LogP contribution in [0.15, 0.2) is 22.7 Å². The molecule has 1 rings (SSSR count). The van der Waals surface area contributed by atoms with E-state index in [0.29, 0.717) is 0 Å². The molecule has 0 N–H and O–H groups in total. The fourth-order valence-corrected chi connectivity index (χ4v) is 3.69. The summed E-state index contributed by atoms with van der Waals surface area (Å²) >= 11 is 5.59. The predicted octanol–water partition coefficient (Wildman–Crippen LogP) is 5.21. The lowest BCUT2D eigenvalue weighted by Gasteiger charge is -2.24. The van der Waals surface area contributed by atoms with Gasteiger partial charge in [-0.15, -0.1) is 0 Å². The lowest BCUT2D eigenvalue weighted by Crippen LogP contribution is -2.23.